The molecule has 3 N–H and O–H groups in total. The Morgan fingerprint density at radius 2 is 1.78 bits per heavy atom. The predicted octanol–water partition coefficient (Wildman–Crippen LogP) is 3.49. The second kappa shape index (κ2) is 9.96. The van der Waals surface area contributed by atoms with Crippen molar-refractivity contribution in [2.45, 2.75) is 42.9 Å². The summed E-state index contributed by atoms with van der Waals surface area (Å²) in [6, 6.07) is 14.9. The van der Waals surface area contributed by atoms with E-state index in [4.69, 9.17) is 4.74 Å². The molecular formula is C26H26F2N2O5S. The van der Waals surface area contributed by atoms with E-state index in [2.05, 4.69) is 10.0 Å². The van der Waals surface area contributed by atoms with Gasteiger partial charge in [0.2, 0.25) is 10.0 Å². The summed E-state index contributed by atoms with van der Waals surface area (Å²) in [5.41, 5.74) is 0.295. The summed E-state index contributed by atoms with van der Waals surface area (Å²) in [5.74, 6) is -2.32. The summed E-state index contributed by atoms with van der Waals surface area (Å²) in [6.07, 6.45) is -0.765. The maximum absolute atomic E-state index is 14.3. The molecule has 4 rings (SSSR count). The first kappa shape index (κ1) is 25.7. The highest BCUT2D eigenvalue weighted by molar-refractivity contribution is 7.89. The minimum absolute atomic E-state index is 0.212. The summed E-state index contributed by atoms with van der Waals surface area (Å²) in [6.45, 7) is 3.53. The second-order valence-corrected chi connectivity index (χ2v) is 10.8. The van der Waals surface area contributed by atoms with Gasteiger partial charge in [0.25, 0.3) is 5.91 Å². The van der Waals surface area contributed by atoms with Crippen LogP contribution in [0.25, 0.3) is 0 Å². The molecule has 0 saturated carbocycles. The number of hydrogen-bond donors (Lipinski definition) is 3. The van der Waals surface area contributed by atoms with Crippen molar-refractivity contribution in [3.05, 3.63) is 95.1 Å². The summed E-state index contributed by atoms with van der Waals surface area (Å²) in [5, 5.41) is 13.8. The van der Waals surface area contributed by atoms with Crippen molar-refractivity contribution in [1.29, 1.82) is 0 Å². The Hall–Kier alpha value is -3.34. The highest BCUT2D eigenvalue weighted by Gasteiger charge is 2.45. The average Bonchev–Trinajstić information content (AvgIpc) is 2.82. The molecule has 0 unspecified atom stereocenters. The number of sulfonamides is 1. The zero-order chi connectivity index (χ0) is 26.1. The zero-order valence-corrected chi connectivity index (χ0v) is 20.5. The molecule has 3 aromatic carbocycles. The van der Waals surface area contributed by atoms with Crippen LogP contribution >= 0.6 is 0 Å². The summed E-state index contributed by atoms with van der Waals surface area (Å²) < 4.78 is 61.7. The Balaban J connectivity index is 1.60. The van der Waals surface area contributed by atoms with Crippen LogP contribution in [0.3, 0.4) is 0 Å². The number of carbonyl (C=O) groups is 1. The number of ether oxygens (including phenoxy) is 1. The van der Waals surface area contributed by atoms with Gasteiger partial charge in [0.1, 0.15) is 34.0 Å². The predicted molar refractivity (Wildman–Crippen MR) is 129 cm³/mol. The Bertz CT molecular complexity index is 1380. The molecule has 0 bridgehead atoms. The summed E-state index contributed by atoms with van der Waals surface area (Å²) >= 11 is 0. The maximum Gasteiger partial charge on any atom is 0.251 e. The molecular weight excluding hydrogens is 490 g/mol. The number of hydrogen-bond acceptors (Lipinski definition) is 5. The van der Waals surface area contributed by atoms with Gasteiger partial charge < -0.3 is 15.2 Å². The van der Waals surface area contributed by atoms with Gasteiger partial charge in [0.15, 0.2) is 0 Å². The molecule has 0 fully saturated rings. The largest absolute Gasteiger partial charge is 0.485 e. The zero-order valence-electron chi connectivity index (χ0n) is 19.7. The SMILES string of the molecule is CC1(C)Oc2ccc(C(=O)NCCc3ccccc3)cc2[C@@H](NS(=O)(=O)c2ccc(F)cc2F)[C@@H]1O. The highest BCUT2D eigenvalue weighted by Crippen LogP contribution is 2.41. The van der Waals surface area contributed by atoms with Crippen LogP contribution in [0.1, 0.15) is 41.4 Å². The molecule has 2 atom stereocenters. The Labute approximate surface area is 208 Å². The first-order valence-electron chi connectivity index (χ1n) is 11.3. The molecule has 1 aliphatic heterocycles. The third-order valence-corrected chi connectivity index (χ3v) is 7.49. The molecule has 0 spiro atoms. The number of nitrogens with one attached hydrogen (secondary N) is 2. The molecule has 10 heteroatoms. The summed E-state index contributed by atoms with van der Waals surface area (Å²) in [4.78, 5) is 12.0. The molecule has 1 amide bonds. The van der Waals surface area contributed by atoms with Crippen molar-refractivity contribution >= 4 is 15.9 Å². The van der Waals surface area contributed by atoms with Gasteiger partial charge in [-0.1, -0.05) is 30.3 Å². The standard InChI is InChI=1S/C26H26F2N2O5S/c1-26(2)24(31)23(30-36(33,34)22-11-9-18(27)15-20(22)28)19-14-17(8-10-21(19)35-26)25(32)29-13-12-16-6-4-3-5-7-16/h3-11,14-15,23-24,30-31H,12-13H2,1-2H3,(H,29,32)/t23-,24+/m1/s1. The normalized spacial score (nSPS) is 18.7. The van der Waals surface area contributed by atoms with E-state index in [1.54, 1.807) is 13.8 Å². The third kappa shape index (κ3) is 5.40. The van der Waals surface area contributed by atoms with E-state index in [0.717, 1.165) is 17.7 Å². The fourth-order valence-corrected chi connectivity index (χ4v) is 5.34. The second-order valence-electron chi connectivity index (χ2n) is 9.07. The van der Waals surface area contributed by atoms with E-state index in [-0.39, 0.29) is 22.8 Å². The minimum Gasteiger partial charge on any atom is -0.485 e. The lowest BCUT2D eigenvalue weighted by Crippen LogP contribution is -2.53. The van der Waals surface area contributed by atoms with Crippen LogP contribution in [-0.4, -0.2) is 37.7 Å². The number of carbonyl (C=O) groups excluding carboxylic acids is 1. The van der Waals surface area contributed by atoms with Gasteiger partial charge in [0, 0.05) is 23.7 Å². The average molecular weight is 517 g/mol. The fraction of sp³-hybridized carbons (Fsp3) is 0.269. The van der Waals surface area contributed by atoms with Crippen molar-refractivity contribution in [2.24, 2.45) is 0 Å². The van der Waals surface area contributed by atoms with Gasteiger partial charge >= 0.3 is 0 Å². The monoisotopic (exact) mass is 516 g/mol. The van der Waals surface area contributed by atoms with Crippen molar-refractivity contribution in [2.75, 3.05) is 6.54 Å². The Morgan fingerprint density at radius 1 is 1.06 bits per heavy atom. The topological polar surface area (TPSA) is 105 Å². The number of aliphatic hydroxyl groups is 1. The Kier molecular flexibility index (Phi) is 7.12. The van der Waals surface area contributed by atoms with Crippen LogP contribution in [0.5, 0.6) is 5.75 Å². The summed E-state index contributed by atoms with van der Waals surface area (Å²) in [7, 11) is -4.52. The van der Waals surface area contributed by atoms with Crippen LogP contribution < -0.4 is 14.8 Å². The molecule has 0 aliphatic carbocycles. The van der Waals surface area contributed by atoms with E-state index in [1.165, 1.54) is 18.2 Å². The van der Waals surface area contributed by atoms with Crippen molar-refractivity contribution in [3.63, 3.8) is 0 Å². The van der Waals surface area contributed by atoms with Gasteiger partial charge in [-0.05, 0) is 56.2 Å². The van der Waals surface area contributed by atoms with Gasteiger partial charge in [-0.2, -0.15) is 0 Å². The van der Waals surface area contributed by atoms with E-state index in [0.29, 0.717) is 19.0 Å². The molecule has 0 radical (unpaired) electrons. The molecule has 7 nitrogen and oxygen atoms in total. The smallest absolute Gasteiger partial charge is 0.251 e. The van der Waals surface area contributed by atoms with Crippen molar-refractivity contribution in [3.8, 4) is 5.75 Å². The van der Waals surface area contributed by atoms with Gasteiger partial charge in [0.05, 0.1) is 6.04 Å². The number of rotatable bonds is 7. The lowest BCUT2D eigenvalue weighted by molar-refractivity contribution is -0.0603. The van der Waals surface area contributed by atoms with Gasteiger partial charge in [-0.3, -0.25) is 4.79 Å². The van der Waals surface area contributed by atoms with Crippen LogP contribution in [0.15, 0.2) is 71.6 Å². The van der Waals surface area contributed by atoms with Crippen LogP contribution in [0.2, 0.25) is 0 Å². The van der Waals surface area contributed by atoms with Gasteiger partial charge in [-0.15, -0.1) is 0 Å². The lowest BCUT2D eigenvalue weighted by atomic mass is 9.86. The lowest BCUT2D eigenvalue weighted by Gasteiger charge is -2.42. The molecule has 0 saturated heterocycles. The quantitative estimate of drug-likeness (QED) is 0.446. The van der Waals surface area contributed by atoms with E-state index in [9.17, 15) is 27.1 Å². The molecule has 36 heavy (non-hydrogen) atoms. The highest BCUT2D eigenvalue weighted by atomic mass is 32.2. The number of fused-ring (bicyclic) bond motifs is 1. The number of benzene rings is 3. The number of halogens is 2. The van der Waals surface area contributed by atoms with Crippen LogP contribution in [-0.2, 0) is 16.4 Å². The van der Waals surface area contributed by atoms with Crippen molar-refractivity contribution < 1.29 is 31.8 Å². The maximum atomic E-state index is 14.3. The van der Waals surface area contributed by atoms with Crippen LogP contribution in [0, 0.1) is 11.6 Å². The molecule has 1 heterocycles. The van der Waals surface area contributed by atoms with Gasteiger partial charge in [-0.25, -0.2) is 21.9 Å². The molecule has 1 aliphatic rings. The molecule has 190 valence electrons. The minimum atomic E-state index is -4.52. The van der Waals surface area contributed by atoms with E-state index in [1.807, 2.05) is 30.3 Å². The Morgan fingerprint density at radius 3 is 2.47 bits per heavy atom. The van der Waals surface area contributed by atoms with E-state index >= 15 is 0 Å². The van der Waals surface area contributed by atoms with Crippen LogP contribution in [0.4, 0.5) is 8.78 Å². The first-order valence-corrected chi connectivity index (χ1v) is 12.8. The molecule has 3 aromatic rings. The van der Waals surface area contributed by atoms with E-state index < -0.39 is 44.3 Å². The number of amides is 1. The van der Waals surface area contributed by atoms with Crippen molar-refractivity contribution in [1.82, 2.24) is 10.0 Å². The fourth-order valence-electron chi connectivity index (χ4n) is 4.06. The molecule has 0 aromatic heterocycles. The number of aliphatic hydroxyl groups excluding tert-OH is 1. The third-order valence-electron chi connectivity index (χ3n) is 6.02. The first-order chi connectivity index (χ1) is 17.0.